The van der Waals surface area contributed by atoms with Gasteiger partial charge in [-0.2, -0.15) is 0 Å². The van der Waals surface area contributed by atoms with Crippen molar-refractivity contribution in [2.24, 2.45) is 5.92 Å². The molecule has 0 fully saturated rings. The smallest absolute Gasteiger partial charge is 0.257 e. The van der Waals surface area contributed by atoms with Gasteiger partial charge in [-0.1, -0.05) is 42.9 Å². The number of hydrogen-bond donors (Lipinski definition) is 1. The largest absolute Gasteiger partial charge is 0.296 e. The van der Waals surface area contributed by atoms with Gasteiger partial charge in [-0.05, 0) is 31.4 Å². The van der Waals surface area contributed by atoms with Crippen LogP contribution in [0.3, 0.4) is 0 Å². The zero-order chi connectivity index (χ0) is 14.7. The molecular formula is C15H19N3OS. The van der Waals surface area contributed by atoms with E-state index >= 15 is 0 Å². The molecule has 0 bridgehead atoms. The van der Waals surface area contributed by atoms with Gasteiger partial charge in [0.15, 0.2) is 0 Å². The summed E-state index contributed by atoms with van der Waals surface area (Å²) in [4.78, 5) is 12.2. The van der Waals surface area contributed by atoms with Crippen molar-refractivity contribution in [1.29, 1.82) is 0 Å². The highest BCUT2D eigenvalue weighted by Gasteiger charge is 2.12. The van der Waals surface area contributed by atoms with Crippen molar-refractivity contribution in [1.82, 2.24) is 10.2 Å². The van der Waals surface area contributed by atoms with Crippen LogP contribution in [0.2, 0.25) is 0 Å². The first-order valence-corrected chi connectivity index (χ1v) is 7.48. The van der Waals surface area contributed by atoms with Gasteiger partial charge in [-0.3, -0.25) is 10.1 Å². The van der Waals surface area contributed by atoms with Crippen LogP contribution in [-0.2, 0) is 6.42 Å². The second-order valence-corrected chi connectivity index (χ2v) is 6.43. The minimum Gasteiger partial charge on any atom is -0.296 e. The minimum atomic E-state index is -0.130. The second-order valence-electron chi connectivity index (χ2n) is 5.37. The van der Waals surface area contributed by atoms with Gasteiger partial charge in [-0.25, -0.2) is 0 Å². The number of hydrogen-bond acceptors (Lipinski definition) is 4. The number of benzene rings is 1. The van der Waals surface area contributed by atoms with Crippen LogP contribution in [0, 0.1) is 19.8 Å². The molecule has 0 unspecified atom stereocenters. The van der Waals surface area contributed by atoms with Crippen LogP contribution in [-0.4, -0.2) is 16.1 Å². The predicted octanol–water partition coefficient (Wildman–Crippen LogP) is 3.61. The molecular weight excluding hydrogens is 270 g/mol. The first-order valence-electron chi connectivity index (χ1n) is 6.66. The molecule has 1 heterocycles. The number of aryl methyl sites for hydroxylation is 2. The number of amides is 1. The van der Waals surface area contributed by atoms with Gasteiger partial charge < -0.3 is 0 Å². The summed E-state index contributed by atoms with van der Waals surface area (Å²) < 4.78 is 0. The van der Waals surface area contributed by atoms with Crippen molar-refractivity contribution < 1.29 is 4.79 Å². The number of aromatic nitrogens is 2. The summed E-state index contributed by atoms with van der Waals surface area (Å²) in [5.74, 6) is 0.403. The van der Waals surface area contributed by atoms with Gasteiger partial charge in [0, 0.05) is 12.0 Å². The predicted molar refractivity (Wildman–Crippen MR) is 82.3 cm³/mol. The van der Waals surface area contributed by atoms with Crippen molar-refractivity contribution in [3.8, 4) is 0 Å². The standard InChI is InChI=1S/C15H19N3OS/c1-9(2)7-13-17-18-15(20-13)16-14(19)12-6-5-10(3)8-11(12)4/h5-6,8-9H,7H2,1-4H3,(H,16,18,19). The molecule has 4 nitrogen and oxygen atoms in total. The molecule has 2 aromatic rings. The van der Waals surface area contributed by atoms with Crippen LogP contribution >= 0.6 is 11.3 Å². The molecule has 1 amide bonds. The fourth-order valence-corrected chi connectivity index (χ4v) is 2.92. The fourth-order valence-electron chi connectivity index (χ4n) is 1.97. The number of carbonyl (C=O) groups is 1. The Morgan fingerprint density at radius 1 is 1.30 bits per heavy atom. The van der Waals surface area contributed by atoms with E-state index < -0.39 is 0 Å². The summed E-state index contributed by atoms with van der Waals surface area (Å²) >= 11 is 1.44. The summed E-state index contributed by atoms with van der Waals surface area (Å²) in [6, 6.07) is 5.78. The molecule has 2 rings (SSSR count). The Labute approximate surface area is 123 Å². The zero-order valence-electron chi connectivity index (χ0n) is 12.2. The zero-order valence-corrected chi connectivity index (χ0v) is 13.0. The Morgan fingerprint density at radius 2 is 2.05 bits per heavy atom. The van der Waals surface area contributed by atoms with E-state index in [0.717, 1.165) is 22.6 Å². The van der Waals surface area contributed by atoms with Crippen molar-refractivity contribution in [2.45, 2.75) is 34.1 Å². The molecule has 1 aromatic carbocycles. The molecule has 0 spiro atoms. The van der Waals surface area contributed by atoms with Crippen LogP contribution in [0.25, 0.3) is 0 Å². The average molecular weight is 289 g/mol. The van der Waals surface area contributed by atoms with E-state index in [1.165, 1.54) is 11.3 Å². The van der Waals surface area contributed by atoms with E-state index in [2.05, 4.69) is 29.4 Å². The fraction of sp³-hybridized carbons (Fsp3) is 0.400. The summed E-state index contributed by atoms with van der Waals surface area (Å²) in [5.41, 5.74) is 2.79. The van der Waals surface area contributed by atoms with Gasteiger partial charge in [0.2, 0.25) is 5.13 Å². The maximum atomic E-state index is 12.2. The topological polar surface area (TPSA) is 54.9 Å². The number of nitrogens with zero attached hydrogens (tertiary/aromatic N) is 2. The third-order valence-electron chi connectivity index (χ3n) is 2.90. The molecule has 106 valence electrons. The normalized spacial score (nSPS) is 10.8. The SMILES string of the molecule is Cc1ccc(C(=O)Nc2nnc(CC(C)C)s2)c(C)c1. The van der Waals surface area contributed by atoms with Gasteiger partial charge in [-0.15, -0.1) is 10.2 Å². The molecule has 20 heavy (non-hydrogen) atoms. The van der Waals surface area contributed by atoms with E-state index in [-0.39, 0.29) is 5.91 Å². The van der Waals surface area contributed by atoms with Crippen molar-refractivity contribution in [3.05, 3.63) is 39.9 Å². The van der Waals surface area contributed by atoms with E-state index in [9.17, 15) is 4.79 Å². The van der Waals surface area contributed by atoms with Gasteiger partial charge in [0.25, 0.3) is 5.91 Å². The Balaban J connectivity index is 2.09. The van der Waals surface area contributed by atoms with Crippen molar-refractivity contribution in [2.75, 3.05) is 5.32 Å². The Kier molecular flexibility index (Phi) is 4.49. The van der Waals surface area contributed by atoms with E-state index in [1.807, 2.05) is 32.0 Å². The average Bonchev–Trinajstić information content (AvgIpc) is 2.75. The molecule has 0 saturated carbocycles. The molecule has 0 aliphatic heterocycles. The van der Waals surface area contributed by atoms with E-state index in [4.69, 9.17) is 0 Å². The van der Waals surface area contributed by atoms with Crippen LogP contribution in [0.15, 0.2) is 18.2 Å². The molecule has 1 N–H and O–H groups in total. The quantitative estimate of drug-likeness (QED) is 0.935. The van der Waals surface area contributed by atoms with E-state index in [1.54, 1.807) is 0 Å². The number of rotatable bonds is 4. The third-order valence-corrected chi connectivity index (χ3v) is 3.76. The van der Waals surface area contributed by atoms with Crippen LogP contribution in [0.4, 0.5) is 5.13 Å². The highest BCUT2D eigenvalue weighted by Crippen LogP contribution is 2.20. The summed E-state index contributed by atoms with van der Waals surface area (Å²) in [6.45, 7) is 8.22. The summed E-state index contributed by atoms with van der Waals surface area (Å²) in [6.07, 6.45) is 0.886. The van der Waals surface area contributed by atoms with Gasteiger partial charge in [0.05, 0.1) is 0 Å². The van der Waals surface area contributed by atoms with E-state index in [0.29, 0.717) is 16.6 Å². The van der Waals surface area contributed by atoms with Crippen molar-refractivity contribution >= 4 is 22.4 Å². The molecule has 0 aliphatic carbocycles. The number of anilines is 1. The minimum absolute atomic E-state index is 0.130. The van der Waals surface area contributed by atoms with Crippen LogP contribution in [0.5, 0.6) is 0 Å². The summed E-state index contributed by atoms with van der Waals surface area (Å²) in [7, 11) is 0. The summed E-state index contributed by atoms with van der Waals surface area (Å²) in [5, 5.41) is 12.4. The van der Waals surface area contributed by atoms with Crippen LogP contribution < -0.4 is 5.32 Å². The molecule has 5 heteroatoms. The Bertz CT molecular complexity index is 619. The van der Waals surface area contributed by atoms with Crippen LogP contribution in [0.1, 0.15) is 40.3 Å². The molecule has 0 aliphatic rings. The maximum Gasteiger partial charge on any atom is 0.257 e. The van der Waals surface area contributed by atoms with Crippen molar-refractivity contribution in [3.63, 3.8) is 0 Å². The lowest BCUT2D eigenvalue weighted by atomic mass is 10.1. The molecule has 1 aromatic heterocycles. The maximum absolute atomic E-state index is 12.2. The number of carbonyl (C=O) groups excluding carboxylic acids is 1. The molecule has 0 atom stereocenters. The lowest BCUT2D eigenvalue weighted by molar-refractivity contribution is 0.102. The molecule has 0 radical (unpaired) electrons. The molecule has 0 saturated heterocycles. The second kappa shape index (κ2) is 6.13. The van der Waals surface area contributed by atoms with Gasteiger partial charge in [0.1, 0.15) is 5.01 Å². The third kappa shape index (κ3) is 3.63. The van der Waals surface area contributed by atoms with Gasteiger partial charge >= 0.3 is 0 Å². The monoisotopic (exact) mass is 289 g/mol. The highest BCUT2D eigenvalue weighted by atomic mass is 32.1. The Hall–Kier alpha value is -1.75. The lowest BCUT2D eigenvalue weighted by Gasteiger charge is -2.05. The first kappa shape index (κ1) is 14.7. The first-order chi connectivity index (χ1) is 9.45. The number of nitrogens with one attached hydrogen (secondary N) is 1. The highest BCUT2D eigenvalue weighted by molar-refractivity contribution is 7.15. The lowest BCUT2D eigenvalue weighted by Crippen LogP contribution is -2.13. The Morgan fingerprint density at radius 3 is 2.70 bits per heavy atom.